The van der Waals surface area contributed by atoms with Gasteiger partial charge in [-0.1, -0.05) is 89.6 Å². The molecule has 0 aliphatic rings. The molecule has 0 unspecified atom stereocenters. The van der Waals surface area contributed by atoms with Gasteiger partial charge in [0, 0.05) is 35.8 Å². The zero-order valence-corrected chi connectivity index (χ0v) is 24.1. The number of nitrogens with one attached hydrogen (secondary N) is 1. The smallest absolute Gasteiger partial charge is 0.180 e. The van der Waals surface area contributed by atoms with E-state index in [1.807, 2.05) is 70.4 Å². The molecule has 0 spiro atoms. The summed E-state index contributed by atoms with van der Waals surface area (Å²) in [5, 5.41) is 3.40. The molecule has 0 fully saturated rings. The zero-order valence-electron chi connectivity index (χ0n) is 24.1. The van der Waals surface area contributed by atoms with Gasteiger partial charge in [-0.25, -0.2) is 9.97 Å². The summed E-state index contributed by atoms with van der Waals surface area (Å²) in [6, 6.07) is 16.5. The molecule has 5 heteroatoms. The Morgan fingerprint density at radius 1 is 1.03 bits per heavy atom. The Kier molecular flexibility index (Phi) is 12.7. The number of unbranched alkanes of at least 4 members (excludes halogenated alkanes) is 1. The molecule has 1 N–H and O–H groups in total. The van der Waals surface area contributed by atoms with Gasteiger partial charge in [0.25, 0.3) is 0 Å². The first-order valence-electron chi connectivity index (χ1n) is 13.7. The van der Waals surface area contributed by atoms with Gasteiger partial charge in [-0.3, -0.25) is 9.39 Å². The van der Waals surface area contributed by atoms with E-state index in [4.69, 9.17) is 9.98 Å². The van der Waals surface area contributed by atoms with Gasteiger partial charge >= 0.3 is 0 Å². The maximum Gasteiger partial charge on any atom is 0.180 e. The summed E-state index contributed by atoms with van der Waals surface area (Å²) in [5.74, 6) is 0.711. The summed E-state index contributed by atoms with van der Waals surface area (Å²) in [6.45, 7) is 19.1. The van der Waals surface area contributed by atoms with Crippen LogP contribution < -0.4 is 5.32 Å². The molecule has 2 aromatic carbocycles. The first kappa shape index (κ1) is 30.2. The Hall–Kier alpha value is -3.99. The second kappa shape index (κ2) is 16.0. The standard InChI is InChI=1S/C27H27N5.C4H10.C2H6/c1-5-20-11-9-12-21(17-20)25(28-7-3)23(6-2)24-18-30-27-26(29-14-15-32(24)27)31-22-13-8-10-19(4)16-22;1-3-4-2;1-2/h5-6,8-18H,1,7H2,2-4H3,(H,29,31);3-4H2,1-2H3;1-2H3/b23-6-,28-25?;;. The number of imidazole rings is 1. The van der Waals surface area contributed by atoms with E-state index in [9.17, 15) is 0 Å². The van der Waals surface area contributed by atoms with Crippen molar-refractivity contribution >= 4 is 34.5 Å². The normalized spacial score (nSPS) is 11.2. The number of anilines is 2. The predicted molar refractivity (Wildman–Crippen MR) is 167 cm³/mol. The molecule has 5 nitrogen and oxygen atoms in total. The minimum atomic E-state index is 0.684. The molecular formula is C33H43N5. The summed E-state index contributed by atoms with van der Waals surface area (Å²) in [7, 11) is 0. The van der Waals surface area contributed by atoms with Crippen LogP contribution >= 0.6 is 0 Å². The number of hydrogen-bond donors (Lipinski definition) is 1. The SMILES string of the molecule is C=Cc1cccc(C(=NCC)/C(=C\C)c2cnc3c(Nc4cccc(C)c4)nccn23)c1.CC.CCCC. The third-order valence-electron chi connectivity index (χ3n) is 5.74. The number of rotatable bonds is 8. The number of aryl methyl sites for hydroxylation is 1. The average molecular weight is 510 g/mol. The first-order chi connectivity index (χ1) is 18.6. The molecule has 0 radical (unpaired) electrons. The van der Waals surface area contributed by atoms with Crippen LogP contribution in [0.4, 0.5) is 11.5 Å². The summed E-state index contributed by atoms with van der Waals surface area (Å²) < 4.78 is 2.06. The monoisotopic (exact) mass is 509 g/mol. The fourth-order valence-electron chi connectivity index (χ4n) is 3.78. The fourth-order valence-corrected chi connectivity index (χ4v) is 3.78. The maximum absolute atomic E-state index is 4.85. The van der Waals surface area contributed by atoms with Gasteiger partial charge in [-0.2, -0.15) is 0 Å². The lowest BCUT2D eigenvalue weighted by Crippen LogP contribution is -2.08. The van der Waals surface area contributed by atoms with Crippen LogP contribution in [-0.2, 0) is 0 Å². The highest BCUT2D eigenvalue weighted by atomic mass is 15.1. The van der Waals surface area contributed by atoms with Crippen molar-refractivity contribution in [3.05, 3.63) is 102 Å². The number of benzene rings is 2. The molecule has 2 aromatic heterocycles. The van der Waals surface area contributed by atoms with Crippen molar-refractivity contribution in [3.8, 4) is 0 Å². The number of aromatic nitrogens is 3. The number of hydrogen-bond acceptors (Lipinski definition) is 4. The van der Waals surface area contributed by atoms with E-state index in [2.05, 4.69) is 72.4 Å². The van der Waals surface area contributed by atoms with E-state index in [0.29, 0.717) is 12.4 Å². The highest BCUT2D eigenvalue weighted by Gasteiger charge is 2.17. The number of nitrogens with zero attached hydrogens (tertiary/aromatic N) is 4. The van der Waals surface area contributed by atoms with Crippen LogP contribution in [0.2, 0.25) is 0 Å². The van der Waals surface area contributed by atoms with Crippen LogP contribution in [0.3, 0.4) is 0 Å². The van der Waals surface area contributed by atoms with Gasteiger partial charge in [-0.05, 0) is 50.1 Å². The summed E-state index contributed by atoms with van der Waals surface area (Å²) in [6.07, 6.45) is 12.2. The van der Waals surface area contributed by atoms with Crippen LogP contribution in [0, 0.1) is 6.92 Å². The summed E-state index contributed by atoms with van der Waals surface area (Å²) in [4.78, 5) is 14.1. The molecule has 0 saturated carbocycles. The highest BCUT2D eigenvalue weighted by Crippen LogP contribution is 2.26. The number of allylic oxidation sites excluding steroid dienone is 2. The van der Waals surface area contributed by atoms with E-state index >= 15 is 0 Å². The van der Waals surface area contributed by atoms with Crippen molar-refractivity contribution in [1.29, 1.82) is 0 Å². The Morgan fingerprint density at radius 3 is 2.39 bits per heavy atom. The van der Waals surface area contributed by atoms with Crippen molar-refractivity contribution in [3.63, 3.8) is 0 Å². The van der Waals surface area contributed by atoms with Crippen LogP contribution in [-0.4, -0.2) is 26.6 Å². The van der Waals surface area contributed by atoms with Gasteiger partial charge in [-0.15, -0.1) is 0 Å². The van der Waals surface area contributed by atoms with Crippen molar-refractivity contribution in [2.24, 2.45) is 4.99 Å². The van der Waals surface area contributed by atoms with E-state index in [0.717, 1.165) is 39.4 Å². The third kappa shape index (κ3) is 7.75. The topological polar surface area (TPSA) is 54.6 Å². The molecule has 0 atom stereocenters. The van der Waals surface area contributed by atoms with E-state index in [-0.39, 0.29) is 0 Å². The van der Waals surface area contributed by atoms with Crippen molar-refractivity contribution in [2.75, 3.05) is 11.9 Å². The quantitative estimate of drug-likeness (QED) is 0.241. The van der Waals surface area contributed by atoms with Crippen molar-refractivity contribution in [1.82, 2.24) is 14.4 Å². The Bertz CT molecular complexity index is 1360. The highest BCUT2D eigenvalue weighted by molar-refractivity contribution is 6.31. The summed E-state index contributed by atoms with van der Waals surface area (Å²) >= 11 is 0. The van der Waals surface area contributed by atoms with Crippen molar-refractivity contribution < 1.29 is 0 Å². The van der Waals surface area contributed by atoms with Crippen LogP contribution in [0.25, 0.3) is 17.3 Å². The molecule has 4 aromatic rings. The van der Waals surface area contributed by atoms with Gasteiger partial charge in [0.05, 0.1) is 17.6 Å². The molecule has 0 aliphatic heterocycles. The Labute approximate surface area is 229 Å². The van der Waals surface area contributed by atoms with Crippen LogP contribution in [0.5, 0.6) is 0 Å². The molecule has 4 rings (SSSR count). The van der Waals surface area contributed by atoms with Crippen LogP contribution in [0.15, 0.2) is 84.8 Å². The van der Waals surface area contributed by atoms with Gasteiger partial charge in [0.2, 0.25) is 0 Å². The van der Waals surface area contributed by atoms with Crippen LogP contribution in [0.1, 0.15) is 76.8 Å². The number of aliphatic imine (C=N–C) groups is 1. The molecule has 0 saturated heterocycles. The lowest BCUT2D eigenvalue weighted by atomic mass is 9.98. The van der Waals surface area contributed by atoms with Crippen molar-refractivity contribution in [2.45, 2.75) is 61.3 Å². The second-order valence-corrected chi connectivity index (χ2v) is 8.46. The van der Waals surface area contributed by atoms with E-state index in [1.165, 1.54) is 18.4 Å². The Morgan fingerprint density at radius 2 is 1.76 bits per heavy atom. The molecule has 38 heavy (non-hydrogen) atoms. The van der Waals surface area contributed by atoms with E-state index in [1.54, 1.807) is 6.20 Å². The molecular weight excluding hydrogens is 466 g/mol. The second-order valence-electron chi connectivity index (χ2n) is 8.46. The maximum atomic E-state index is 4.85. The lowest BCUT2D eigenvalue weighted by Gasteiger charge is -2.13. The predicted octanol–water partition coefficient (Wildman–Crippen LogP) is 9.17. The third-order valence-corrected chi connectivity index (χ3v) is 5.74. The molecule has 0 bridgehead atoms. The minimum absolute atomic E-state index is 0.684. The van der Waals surface area contributed by atoms with Gasteiger partial charge in [0.1, 0.15) is 0 Å². The molecule has 0 aliphatic carbocycles. The average Bonchev–Trinajstić information content (AvgIpc) is 3.39. The summed E-state index contributed by atoms with van der Waals surface area (Å²) in [5.41, 5.74) is 7.97. The minimum Gasteiger partial charge on any atom is -0.337 e. The molecule has 0 amide bonds. The zero-order chi connectivity index (χ0) is 27.9. The Balaban J connectivity index is 0.000000773. The lowest BCUT2D eigenvalue weighted by molar-refractivity contribution is 0.886. The molecule has 2 heterocycles. The fraction of sp³-hybridized carbons (Fsp3) is 0.303. The van der Waals surface area contributed by atoms with Gasteiger partial charge < -0.3 is 5.32 Å². The molecule has 200 valence electrons. The van der Waals surface area contributed by atoms with E-state index < -0.39 is 0 Å². The van der Waals surface area contributed by atoms with Gasteiger partial charge in [0.15, 0.2) is 11.5 Å². The first-order valence-corrected chi connectivity index (χ1v) is 13.7. The number of fused-ring (bicyclic) bond motifs is 1. The largest absolute Gasteiger partial charge is 0.337 e.